The molecule has 0 aliphatic rings. The van der Waals surface area contributed by atoms with Gasteiger partial charge in [0.15, 0.2) is 0 Å². The number of halogens is 3. The van der Waals surface area contributed by atoms with Crippen molar-refractivity contribution >= 4 is 99.5 Å². The van der Waals surface area contributed by atoms with Crippen LogP contribution in [-0.4, -0.2) is 16.6 Å². The van der Waals surface area contributed by atoms with E-state index in [1.807, 2.05) is 25.1 Å². The van der Waals surface area contributed by atoms with E-state index in [0.717, 1.165) is 15.5 Å². The molecule has 8 aromatic rings. The number of hydrogen-bond donors (Lipinski definition) is 0. The van der Waals surface area contributed by atoms with E-state index in [1.165, 1.54) is 31.8 Å². The van der Waals surface area contributed by atoms with Crippen LogP contribution in [0.3, 0.4) is 0 Å². The van der Waals surface area contributed by atoms with Crippen molar-refractivity contribution in [3.8, 4) is 0 Å². The van der Waals surface area contributed by atoms with E-state index < -0.39 is 15.8 Å². The molecule has 1 aromatic heterocycles. The second-order valence-electron chi connectivity index (χ2n) is 12.0. The first-order chi connectivity index (χ1) is 28.0. The second kappa shape index (κ2) is 24.7. The molecule has 7 aromatic carbocycles. The minimum absolute atomic E-state index is 0.106. The molecule has 1 heterocycles. The van der Waals surface area contributed by atoms with Gasteiger partial charge in [-0.25, -0.2) is 4.98 Å². The molecule has 0 saturated carbocycles. The largest absolute Gasteiger partial charge is 0.0622 e. The third-order valence-corrected chi connectivity index (χ3v) is 13.6. The molecule has 0 N–H and O–H groups in total. The topological polar surface area (TPSA) is 35.0 Å². The molecule has 8 rings (SSSR count). The first-order valence-corrected chi connectivity index (χ1v) is 25.5. The van der Waals surface area contributed by atoms with Crippen molar-refractivity contribution in [2.24, 2.45) is 0 Å². The molecule has 3 nitrogen and oxygen atoms in total. The Morgan fingerprint density at radius 2 is 0.860 bits per heavy atom. The number of hydrogen-bond acceptors (Lipinski definition) is 3. The van der Waals surface area contributed by atoms with Crippen LogP contribution in [0.2, 0.25) is 0 Å². The van der Waals surface area contributed by atoms with E-state index in [9.17, 15) is 0 Å². The SMILES string of the molecule is C=C(OCC)c1cnc2cc(Br)ccc2n1.[Cl][Pd][Cl].c1ccc(P(c2ccccc2)c2ccccc2)cc1.c1ccc(P(c2ccccc2)c2ccccc2)cc1. The zero-order valence-corrected chi connectivity index (χ0v) is 37.6. The van der Waals surface area contributed by atoms with Crippen LogP contribution in [0.1, 0.15) is 12.6 Å². The summed E-state index contributed by atoms with van der Waals surface area (Å²) in [5.41, 5.74) is 2.36. The molecule has 0 aliphatic heterocycles. The molecule has 0 fully saturated rings. The van der Waals surface area contributed by atoms with Crippen LogP contribution in [0.25, 0.3) is 16.8 Å². The summed E-state index contributed by atoms with van der Waals surface area (Å²) < 4.78 is 6.29. The first kappa shape index (κ1) is 44.1. The average molecular weight is 981 g/mol. The van der Waals surface area contributed by atoms with Gasteiger partial charge in [0.25, 0.3) is 0 Å². The fraction of sp³-hybridized carbons (Fsp3) is 0.0417. The van der Waals surface area contributed by atoms with Crippen LogP contribution in [0.15, 0.2) is 217 Å². The van der Waals surface area contributed by atoms with Gasteiger partial charge in [-0.2, -0.15) is 0 Å². The Balaban J connectivity index is 0.000000158. The molecule has 0 saturated heterocycles. The zero-order valence-electron chi connectivity index (χ0n) is 31.2. The monoisotopic (exact) mass is 978 g/mol. The van der Waals surface area contributed by atoms with Crippen LogP contribution in [0.4, 0.5) is 0 Å². The summed E-state index contributed by atoms with van der Waals surface area (Å²) in [6.07, 6.45) is 1.67. The van der Waals surface area contributed by atoms with Gasteiger partial charge < -0.3 is 4.74 Å². The average Bonchev–Trinajstić information content (AvgIpc) is 3.27. The Bertz CT molecular complexity index is 2050. The predicted octanol–water partition coefficient (Wildman–Crippen LogP) is 11.7. The molecule has 0 bridgehead atoms. The first-order valence-electron chi connectivity index (χ1n) is 18.0. The minimum Gasteiger partial charge on any atom is -0.0622 e. The summed E-state index contributed by atoms with van der Waals surface area (Å²) in [6, 6.07) is 70.4. The van der Waals surface area contributed by atoms with Gasteiger partial charge in [-0.1, -0.05) is 204 Å². The fourth-order valence-corrected chi connectivity index (χ4v) is 10.7. The number of ether oxygens (including phenoxy) is 1. The molecular weight excluding hydrogens is 940 g/mol. The standard InChI is InChI=1S/2C18H15P.C12H11BrN2O.2ClH.Pd/c2*1-4-10-16(11-5-1)19(17-12-6-2-7-13-17)18-14-8-3-9-15-18;1-3-16-8(2)12-7-14-11-6-9(13)4-5-10(11)15-12;;;/h2*1-15H;4-7H,2-3H2,1H3;2*1H;/q;;;;;+2/p-2. The molecule has 0 atom stereocenters. The number of aromatic nitrogens is 2. The quantitative estimate of drug-likeness (QED) is 0.0821. The van der Waals surface area contributed by atoms with Crippen LogP contribution in [0, 0.1) is 0 Å². The maximum atomic E-state index is 5.29. The fourth-order valence-electron chi connectivity index (χ4n) is 5.72. The summed E-state index contributed by atoms with van der Waals surface area (Å²) in [4.78, 5) is 8.74. The van der Waals surface area contributed by atoms with Gasteiger partial charge in [0, 0.05) is 4.47 Å². The van der Waals surface area contributed by atoms with Crippen molar-refractivity contribution < 1.29 is 20.7 Å². The number of fused-ring (bicyclic) bond motifs is 1. The van der Waals surface area contributed by atoms with Crippen molar-refractivity contribution in [3.63, 3.8) is 0 Å². The van der Waals surface area contributed by atoms with Crippen LogP contribution in [0.5, 0.6) is 0 Å². The van der Waals surface area contributed by atoms with Crippen molar-refractivity contribution in [3.05, 3.63) is 223 Å². The number of benzene rings is 7. The van der Waals surface area contributed by atoms with Crippen LogP contribution >= 0.6 is 50.8 Å². The Morgan fingerprint density at radius 3 is 1.16 bits per heavy atom. The van der Waals surface area contributed by atoms with Gasteiger partial charge >= 0.3 is 35.0 Å². The van der Waals surface area contributed by atoms with Gasteiger partial charge in [-0.05, 0) is 72.8 Å². The van der Waals surface area contributed by atoms with Crippen molar-refractivity contribution in [1.82, 2.24) is 9.97 Å². The van der Waals surface area contributed by atoms with E-state index in [1.54, 1.807) is 6.20 Å². The van der Waals surface area contributed by atoms with E-state index >= 15 is 0 Å². The Kier molecular flexibility index (Phi) is 19.1. The van der Waals surface area contributed by atoms with E-state index in [2.05, 4.69) is 214 Å². The number of rotatable bonds is 9. The van der Waals surface area contributed by atoms with Gasteiger partial charge in [0.1, 0.15) is 11.5 Å². The second-order valence-corrected chi connectivity index (χ2v) is 19.7. The summed E-state index contributed by atoms with van der Waals surface area (Å²) in [5, 5.41) is 8.39. The predicted molar refractivity (Wildman–Crippen MR) is 250 cm³/mol. The van der Waals surface area contributed by atoms with E-state index in [-0.39, 0.29) is 15.9 Å². The van der Waals surface area contributed by atoms with Crippen LogP contribution in [-0.2, 0) is 20.7 Å². The molecule has 0 amide bonds. The molecule has 0 radical (unpaired) electrons. The molecule has 290 valence electrons. The van der Waals surface area contributed by atoms with Gasteiger partial charge in [-0.3, -0.25) is 4.98 Å². The summed E-state index contributed by atoms with van der Waals surface area (Å²) >= 11 is 3.29. The molecule has 0 aliphatic carbocycles. The maximum Gasteiger partial charge on any atom is -0.0134 e. The van der Waals surface area contributed by atoms with Gasteiger partial charge in [0.05, 0.1) is 23.8 Å². The van der Waals surface area contributed by atoms with E-state index in [4.69, 9.17) is 23.8 Å². The van der Waals surface area contributed by atoms with Crippen molar-refractivity contribution in [1.29, 1.82) is 0 Å². The van der Waals surface area contributed by atoms with Gasteiger partial charge in [0.2, 0.25) is 0 Å². The zero-order chi connectivity index (χ0) is 40.1. The van der Waals surface area contributed by atoms with Crippen LogP contribution < -0.4 is 31.8 Å². The van der Waals surface area contributed by atoms with Gasteiger partial charge in [-0.15, -0.1) is 0 Å². The van der Waals surface area contributed by atoms with E-state index in [0.29, 0.717) is 18.1 Å². The summed E-state index contributed by atoms with van der Waals surface area (Å²) in [7, 11) is 8.74. The molecular formula is C48H41BrCl2N2OP2Pd. The molecule has 0 spiro atoms. The Labute approximate surface area is 364 Å². The normalized spacial score (nSPS) is 10.4. The third kappa shape index (κ3) is 13.8. The van der Waals surface area contributed by atoms with Crippen molar-refractivity contribution in [2.45, 2.75) is 6.92 Å². The Morgan fingerprint density at radius 1 is 0.544 bits per heavy atom. The molecule has 57 heavy (non-hydrogen) atoms. The minimum atomic E-state index is -0.446. The molecule has 0 unspecified atom stereocenters. The maximum absolute atomic E-state index is 5.29. The summed E-state index contributed by atoms with van der Waals surface area (Å²) in [5.74, 6) is 0.555. The number of nitrogens with zero attached hydrogens (tertiary/aromatic N) is 2. The van der Waals surface area contributed by atoms with Crippen molar-refractivity contribution in [2.75, 3.05) is 6.61 Å². The Hall–Kier alpha value is -4.00. The summed E-state index contributed by atoms with van der Waals surface area (Å²) in [6.45, 7) is 6.30. The molecule has 9 heteroatoms. The smallest absolute Gasteiger partial charge is 0.0134 e. The third-order valence-electron chi connectivity index (χ3n) is 8.19.